The molecular weight excluding hydrogens is 281 g/mol. The Labute approximate surface area is 122 Å². The van der Waals surface area contributed by atoms with Crippen LogP contribution < -0.4 is 5.73 Å². The minimum absolute atomic E-state index is 0.0841. The van der Waals surface area contributed by atoms with Crippen molar-refractivity contribution in [3.8, 4) is 0 Å². The molecule has 2 rings (SSSR count). The molecule has 4 nitrogen and oxygen atoms in total. The molecule has 0 aliphatic carbocycles. The summed E-state index contributed by atoms with van der Waals surface area (Å²) < 4.78 is 19.0. The van der Waals surface area contributed by atoms with Gasteiger partial charge in [0.15, 0.2) is 5.82 Å². The molecule has 1 atom stereocenters. The number of halogens is 2. The van der Waals surface area contributed by atoms with Crippen LogP contribution in [-0.2, 0) is 12.0 Å². The summed E-state index contributed by atoms with van der Waals surface area (Å²) in [5.74, 6) is 0.315. The first-order chi connectivity index (χ1) is 9.44. The van der Waals surface area contributed by atoms with E-state index in [1.165, 1.54) is 6.07 Å². The molecule has 108 valence electrons. The van der Waals surface area contributed by atoms with Crippen LogP contribution in [0.3, 0.4) is 0 Å². The maximum atomic E-state index is 13.8. The van der Waals surface area contributed by atoms with Gasteiger partial charge in [-0.3, -0.25) is 0 Å². The van der Waals surface area contributed by atoms with E-state index in [1.54, 1.807) is 12.1 Å². The Hall–Kier alpha value is -1.46. The number of benzene rings is 1. The molecule has 0 aliphatic heterocycles. The lowest BCUT2D eigenvalue weighted by Gasteiger charge is -2.18. The average Bonchev–Trinajstić information content (AvgIpc) is 2.84. The van der Waals surface area contributed by atoms with Crippen molar-refractivity contribution in [3.63, 3.8) is 0 Å². The first-order valence-electron chi connectivity index (χ1n) is 6.49. The third-order valence-corrected chi connectivity index (χ3v) is 3.40. The fourth-order valence-electron chi connectivity index (χ4n) is 2.04. The predicted octanol–water partition coefficient (Wildman–Crippen LogP) is 3.43. The van der Waals surface area contributed by atoms with Crippen LogP contribution in [0.4, 0.5) is 4.39 Å². The van der Waals surface area contributed by atoms with E-state index in [0.717, 1.165) is 12.8 Å². The van der Waals surface area contributed by atoms with Crippen LogP contribution in [0.15, 0.2) is 22.7 Å². The number of nitrogens with two attached hydrogens (primary N) is 1. The van der Waals surface area contributed by atoms with Crippen LogP contribution >= 0.6 is 11.6 Å². The van der Waals surface area contributed by atoms with Gasteiger partial charge in [0.25, 0.3) is 0 Å². The molecule has 1 aromatic heterocycles. The van der Waals surface area contributed by atoms with Crippen LogP contribution in [0.5, 0.6) is 0 Å². The normalized spacial score (nSPS) is 14.2. The molecule has 2 aromatic rings. The molecule has 0 amide bonds. The summed E-state index contributed by atoms with van der Waals surface area (Å²) in [5.41, 5.74) is 5.89. The second-order valence-electron chi connectivity index (χ2n) is 5.07. The van der Waals surface area contributed by atoms with Crippen LogP contribution in [0.1, 0.15) is 44.0 Å². The highest BCUT2D eigenvalue weighted by Gasteiger charge is 2.27. The zero-order valence-corrected chi connectivity index (χ0v) is 12.2. The molecule has 1 aromatic carbocycles. The van der Waals surface area contributed by atoms with E-state index in [0.29, 0.717) is 17.3 Å². The summed E-state index contributed by atoms with van der Waals surface area (Å²) in [6.07, 6.45) is 1.87. The van der Waals surface area contributed by atoms with E-state index < -0.39 is 11.4 Å². The van der Waals surface area contributed by atoms with Crippen molar-refractivity contribution in [1.29, 1.82) is 0 Å². The van der Waals surface area contributed by atoms with E-state index in [2.05, 4.69) is 10.1 Å². The Morgan fingerprint density at radius 2 is 2.20 bits per heavy atom. The maximum absolute atomic E-state index is 13.8. The van der Waals surface area contributed by atoms with Crippen LogP contribution in [-0.4, -0.2) is 10.1 Å². The molecule has 1 heterocycles. The summed E-state index contributed by atoms with van der Waals surface area (Å²) in [6, 6.07) is 4.83. The molecule has 1 unspecified atom stereocenters. The fourth-order valence-corrected chi connectivity index (χ4v) is 2.23. The van der Waals surface area contributed by atoms with Gasteiger partial charge in [-0.05, 0) is 25.0 Å². The van der Waals surface area contributed by atoms with Crippen molar-refractivity contribution < 1.29 is 8.91 Å². The topological polar surface area (TPSA) is 64.9 Å². The van der Waals surface area contributed by atoms with Gasteiger partial charge in [0.2, 0.25) is 5.89 Å². The first kappa shape index (κ1) is 14.9. The molecule has 6 heteroatoms. The molecule has 0 bridgehead atoms. The second-order valence-corrected chi connectivity index (χ2v) is 5.48. The molecule has 0 fully saturated rings. The lowest BCUT2D eigenvalue weighted by atomic mass is 9.98. The number of hydrogen-bond acceptors (Lipinski definition) is 4. The minimum atomic E-state index is -0.660. The maximum Gasteiger partial charge on any atom is 0.246 e. The minimum Gasteiger partial charge on any atom is -0.337 e. The van der Waals surface area contributed by atoms with Crippen molar-refractivity contribution in [2.75, 3.05) is 0 Å². The standard InChI is InChI=1S/C14H17ClFN3O/c1-3-7-14(2,17)13-18-11(19-20-13)8-9-5-4-6-10(15)12(9)16/h4-6H,3,7-8,17H2,1-2H3. The van der Waals surface area contributed by atoms with Crippen LogP contribution in [0.2, 0.25) is 5.02 Å². The molecule has 20 heavy (non-hydrogen) atoms. The molecule has 0 saturated heterocycles. The number of hydrogen-bond donors (Lipinski definition) is 1. The van der Waals surface area contributed by atoms with Gasteiger partial charge in [-0.15, -0.1) is 0 Å². The summed E-state index contributed by atoms with van der Waals surface area (Å²) >= 11 is 5.74. The Balaban J connectivity index is 2.20. The van der Waals surface area contributed by atoms with Gasteiger partial charge in [0.1, 0.15) is 5.82 Å². The van der Waals surface area contributed by atoms with Gasteiger partial charge in [0.05, 0.1) is 10.6 Å². The van der Waals surface area contributed by atoms with E-state index in [4.69, 9.17) is 21.9 Å². The molecule has 2 N–H and O–H groups in total. The van der Waals surface area contributed by atoms with Crippen LogP contribution in [0.25, 0.3) is 0 Å². The lowest BCUT2D eigenvalue weighted by Crippen LogP contribution is -2.33. The van der Waals surface area contributed by atoms with Crippen molar-refractivity contribution >= 4 is 11.6 Å². The molecule has 0 spiro atoms. The highest BCUT2D eigenvalue weighted by molar-refractivity contribution is 6.30. The van der Waals surface area contributed by atoms with Gasteiger partial charge < -0.3 is 10.3 Å². The fraction of sp³-hybridized carbons (Fsp3) is 0.429. The van der Waals surface area contributed by atoms with Gasteiger partial charge in [-0.25, -0.2) is 4.39 Å². The highest BCUT2D eigenvalue weighted by Crippen LogP contribution is 2.23. The monoisotopic (exact) mass is 297 g/mol. The predicted molar refractivity (Wildman–Crippen MR) is 75.0 cm³/mol. The number of rotatable bonds is 5. The molecule has 0 aliphatic rings. The first-order valence-corrected chi connectivity index (χ1v) is 6.86. The number of nitrogens with zero attached hydrogens (tertiary/aromatic N) is 2. The lowest BCUT2D eigenvalue weighted by molar-refractivity contribution is 0.282. The van der Waals surface area contributed by atoms with E-state index >= 15 is 0 Å². The van der Waals surface area contributed by atoms with Gasteiger partial charge >= 0.3 is 0 Å². The molecular formula is C14H17ClFN3O. The largest absolute Gasteiger partial charge is 0.337 e. The smallest absolute Gasteiger partial charge is 0.246 e. The second kappa shape index (κ2) is 5.89. The van der Waals surface area contributed by atoms with Crippen molar-refractivity contribution in [3.05, 3.63) is 46.3 Å². The van der Waals surface area contributed by atoms with E-state index in [-0.39, 0.29) is 11.4 Å². The molecule has 0 saturated carbocycles. The van der Waals surface area contributed by atoms with E-state index in [9.17, 15) is 4.39 Å². The van der Waals surface area contributed by atoms with Gasteiger partial charge in [-0.1, -0.05) is 42.2 Å². The van der Waals surface area contributed by atoms with Crippen molar-refractivity contribution in [2.45, 2.75) is 38.6 Å². The summed E-state index contributed by atoms with van der Waals surface area (Å²) in [5, 5.41) is 3.94. The number of aromatic nitrogens is 2. The zero-order chi connectivity index (χ0) is 14.8. The summed E-state index contributed by atoms with van der Waals surface area (Å²) in [4.78, 5) is 4.25. The zero-order valence-electron chi connectivity index (χ0n) is 11.5. The molecule has 0 radical (unpaired) electrons. The Kier molecular flexibility index (Phi) is 4.40. The van der Waals surface area contributed by atoms with Crippen LogP contribution in [0, 0.1) is 5.82 Å². The Morgan fingerprint density at radius 1 is 1.45 bits per heavy atom. The Bertz CT molecular complexity index is 598. The summed E-state index contributed by atoms with van der Waals surface area (Å²) in [7, 11) is 0. The van der Waals surface area contributed by atoms with Crippen molar-refractivity contribution in [1.82, 2.24) is 10.1 Å². The highest BCUT2D eigenvalue weighted by atomic mass is 35.5. The van der Waals surface area contributed by atoms with Gasteiger partial charge in [-0.2, -0.15) is 4.98 Å². The Morgan fingerprint density at radius 3 is 2.90 bits per heavy atom. The van der Waals surface area contributed by atoms with Gasteiger partial charge in [0, 0.05) is 6.42 Å². The quantitative estimate of drug-likeness (QED) is 0.918. The third kappa shape index (κ3) is 3.16. The van der Waals surface area contributed by atoms with Crippen molar-refractivity contribution in [2.24, 2.45) is 5.73 Å². The van der Waals surface area contributed by atoms with E-state index in [1.807, 2.05) is 13.8 Å². The SMILES string of the molecule is CCCC(C)(N)c1nc(Cc2cccc(Cl)c2F)no1. The summed E-state index contributed by atoms with van der Waals surface area (Å²) in [6.45, 7) is 3.87. The average molecular weight is 298 g/mol. The third-order valence-electron chi connectivity index (χ3n) is 3.11.